The molecule has 0 saturated heterocycles. The standard InChI is InChI=1S/C15H21NO2/c16-11-15(10-14(17)18)7-6-13(9-15)8-12-4-2-1-3-5-12/h1-5,13H,6-11,16H2,(H,17,18)/t13-,15+/m0/s1. The maximum absolute atomic E-state index is 10.9. The van der Waals surface area contributed by atoms with Gasteiger partial charge >= 0.3 is 5.97 Å². The van der Waals surface area contributed by atoms with Crippen LogP contribution in [0.5, 0.6) is 0 Å². The Morgan fingerprint density at radius 3 is 2.72 bits per heavy atom. The largest absolute Gasteiger partial charge is 0.481 e. The van der Waals surface area contributed by atoms with Crippen molar-refractivity contribution in [3.63, 3.8) is 0 Å². The fourth-order valence-corrected chi connectivity index (χ4v) is 3.19. The van der Waals surface area contributed by atoms with Crippen LogP contribution in [-0.4, -0.2) is 17.6 Å². The zero-order valence-corrected chi connectivity index (χ0v) is 10.6. The van der Waals surface area contributed by atoms with Crippen molar-refractivity contribution >= 4 is 5.97 Å². The third-order valence-electron chi connectivity index (χ3n) is 4.13. The quantitative estimate of drug-likeness (QED) is 0.840. The lowest BCUT2D eigenvalue weighted by atomic mass is 9.81. The molecule has 0 aliphatic heterocycles. The van der Waals surface area contributed by atoms with Crippen LogP contribution in [0.15, 0.2) is 30.3 Å². The van der Waals surface area contributed by atoms with Crippen LogP contribution in [-0.2, 0) is 11.2 Å². The first-order valence-corrected chi connectivity index (χ1v) is 6.59. The SMILES string of the molecule is NC[C@]1(CC(=O)O)CC[C@@H](Cc2ccccc2)C1. The van der Waals surface area contributed by atoms with Crippen LogP contribution >= 0.6 is 0 Å². The van der Waals surface area contributed by atoms with Gasteiger partial charge in [-0.2, -0.15) is 0 Å². The zero-order chi connectivity index (χ0) is 13.0. The van der Waals surface area contributed by atoms with Gasteiger partial charge in [0, 0.05) is 0 Å². The molecule has 0 amide bonds. The molecule has 1 saturated carbocycles. The first kappa shape index (κ1) is 13.1. The topological polar surface area (TPSA) is 63.3 Å². The summed E-state index contributed by atoms with van der Waals surface area (Å²) in [5.74, 6) is -0.142. The molecule has 1 fully saturated rings. The number of benzene rings is 1. The number of carboxylic acids is 1. The fourth-order valence-electron chi connectivity index (χ4n) is 3.19. The smallest absolute Gasteiger partial charge is 0.303 e. The molecule has 1 aliphatic carbocycles. The first-order chi connectivity index (χ1) is 8.63. The lowest BCUT2D eigenvalue weighted by Crippen LogP contribution is -2.30. The lowest BCUT2D eigenvalue weighted by molar-refractivity contribution is -0.139. The van der Waals surface area contributed by atoms with Crippen molar-refractivity contribution in [2.75, 3.05) is 6.54 Å². The van der Waals surface area contributed by atoms with Gasteiger partial charge in [-0.3, -0.25) is 4.79 Å². The fraction of sp³-hybridized carbons (Fsp3) is 0.533. The van der Waals surface area contributed by atoms with E-state index in [1.54, 1.807) is 0 Å². The summed E-state index contributed by atoms with van der Waals surface area (Å²) in [5.41, 5.74) is 6.99. The zero-order valence-electron chi connectivity index (χ0n) is 10.6. The minimum Gasteiger partial charge on any atom is -0.481 e. The number of carboxylic acid groups (broad SMARTS) is 1. The van der Waals surface area contributed by atoms with Crippen LogP contribution in [0.1, 0.15) is 31.2 Å². The monoisotopic (exact) mass is 247 g/mol. The van der Waals surface area contributed by atoms with Crippen LogP contribution in [0, 0.1) is 11.3 Å². The molecule has 3 heteroatoms. The minimum absolute atomic E-state index is 0.161. The maximum Gasteiger partial charge on any atom is 0.303 e. The van der Waals surface area contributed by atoms with Gasteiger partial charge in [-0.15, -0.1) is 0 Å². The highest BCUT2D eigenvalue weighted by atomic mass is 16.4. The van der Waals surface area contributed by atoms with E-state index in [-0.39, 0.29) is 11.8 Å². The molecule has 1 aromatic carbocycles. The van der Waals surface area contributed by atoms with Gasteiger partial charge in [0.15, 0.2) is 0 Å². The van der Waals surface area contributed by atoms with Gasteiger partial charge in [0.25, 0.3) is 0 Å². The molecule has 3 nitrogen and oxygen atoms in total. The minimum atomic E-state index is -0.721. The Balaban J connectivity index is 1.97. The highest BCUT2D eigenvalue weighted by Crippen LogP contribution is 2.44. The molecule has 1 aromatic rings. The van der Waals surface area contributed by atoms with E-state index in [2.05, 4.69) is 24.3 Å². The van der Waals surface area contributed by atoms with E-state index in [9.17, 15) is 4.79 Å². The van der Waals surface area contributed by atoms with Gasteiger partial charge < -0.3 is 10.8 Å². The predicted octanol–water partition coefficient (Wildman–Crippen LogP) is 2.45. The van der Waals surface area contributed by atoms with Gasteiger partial charge in [0.05, 0.1) is 6.42 Å². The third-order valence-corrected chi connectivity index (χ3v) is 4.13. The second kappa shape index (κ2) is 5.53. The molecule has 0 radical (unpaired) electrons. The van der Waals surface area contributed by atoms with Crippen LogP contribution in [0.25, 0.3) is 0 Å². The molecule has 2 atom stereocenters. The van der Waals surface area contributed by atoms with E-state index in [1.807, 2.05) is 6.07 Å². The molecular formula is C15H21NO2. The second-order valence-corrected chi connectivity index (χ2v) is 5.57. The van der Waals surface area contributed by atoms with E-state index >= 15 is 0 Å². The Morgan fingerprint density at radius 2 is 2.11 bits per heavy atom. The summed E-state index contributed by atoms with van der Waals surface area (Å²) in [6.07, 6.45) is 4.26. The molecule has 98 valence electrons. The number of nitrogens with two attached hydrogens (primary N) is 1. The molecule has 18 heavy (non-hydrogen) atoms. The van der Waals surface area contributed by atoms with E-state index in [0.717, 1.165) is 25.7 Å². The molecule has 0 bridgehead atoms. The number of aliphatic carboxylic acids is 1. The van der Waals surface area contributed by atoms with Crippen LogP contribution in [0.2, 0.25) is 0 Å². The lowest BCUT2D eigenvalue weighted by Gasteiger charge is -2.25. The van der Waals surface area contributed by atoms with E-state index in [0.29, 0.717) is 12.5 Å². The van der Waals surface area contributed by atoms with Crippen LogP contribution in [0.3, 0.4) is 0 Å². The van der Waals surface area contributed by atoms with E-state index in [4.69, 9.17) is 10.8 Å². The predicted molar refractivity (Wildman–Crippen MR) is 71.2 cm³/mol. The highest BCUT2D eigenvalue weighted by molar-refractivity contribution is 5.67. The van der Waals surface area contributed by atoms with Gasteiger partial charge in [-0.25, -0.2) is 0 Å². The summed E-state index contributed by atoms with van der Waals surface area (Å²) < 4.78 is 0. The summed E-state index contributed by atoms with van der Waals surface area (Å²) in [7, 11) is 0. The number of rotatable bonds is 5. The van der Waals surface area contributed by atoms with E-state index < -0.39 is 5.97 Å². The Labute approximate surface area is 108 Å². The second-order valence-electron chi connectivity index (χ2n) is 5.57. The Morgan fingerprint density at radius 1 is 1.39 bits per heavy atom. The van der Waals surface area contributed by atoms with Gasteiger partial charge in [0.1, 0.15) is 0 Å². The van der Waals surface area contributed by atoms with Crippen LogP contribution < -0.4 is 5.73 Å². The van der Waals surface area contributed by atoms with Crippen LogP contribution in [0.4, 0.5) is 0 Å². The summed E-state index contributed by atoms with van der Waals surface area (Å²) in [5, 5.41) is 8.99. The number of hydrogen-bond acceptors (Lipinski definition) is 2. The average Bonchev–Trinajstić information content (AvgIpc) is 2.73. The Kier molecular flexibility index (Phi) is 4.02. The Hall–Kier alpha value is -1.35. The molecule has 0 spiro atoms. The maximum atomic E-state index is 10.9. The molecule has 3 N–H and O–H groups in total. The van der Waals surface area contributed by atoms with Crippen molar-refractivity contribution in [1.29, 1.82) is 0 Å². The average molecular weight is 247 g/mol. The third kappa shape index (κ3) is 3.10. The molecule has 0 aromatic heterocycles. The van der Waals surface area contributed by atoms with Gasteiger partial charge in [-0.05, 0) is 49.1 Å². The van der Waals surface area contributed by atoms with Gasteiger partial charge in [0.2, 0.25) is 0 Å². The van der Waals surface area contributed by atoms with Crippen molar-refractivity contribution in [3.8, 4) is 0 Å². The van der Waals surface area contributed by atoms with Crippen molar-refractivity contribution in [2.45, 2.75) is 32.1 Å². The van der Waals surface area contributed by atoms with Crippen molar-refractivity contribution in [3.05, 3.63) is 35.9 Å². The van der Waals surface area contributed by atoms with Crippen molar-refractivity contribution in [2.24, 2.45) is 17.1 Å². The summed E-state index contributed by atoms with van der Waals surface area (Å²) in [6, 6.07) is 10.4. The molecule has 1 aliphatic rings. The highest BCUT2D eigenvalue weighted by Gasteiger charge is 2.39. The Bertz CT molecular complexity index is 404. The summed E-state index contributed by atoms with van der Waals surface area (Å²) in [4.78, 5) is 10.9. The molecule has 0 heterocycles. The number of hydrogen-bond donors (Lipinski definition) is 2. The molecule has 2 rings (SSSR count). The van der Waals surface area contributed by atoms with Gasteiger partial charge in [-0.1, -0.05) is 30.3 Å². The number of carbonyl (C=O) groups is 1. The van der Waals surface area contributed by atoms with Crippen molar-refractivity contribution < 1.29 is 9.90 Å². The van der Waals surface area contributed by atoms with E-state index in [1.165, 1.54) is 5.56 Å². The molecular weight excluding hydrogens is 226 g/mol. The normalized spacial score (nSPS) is 27.3. The summed E-state index contributed by atoms with van der Waals surface area (Å²) >= 11 is 0. The molecule has 0 unspecified atom stereocenters. The first-order valence-electron chi connectivity index (χ1n) is 6.59. The summed E-state index contributed by atoms with van der Waals surface area (Å²) in [6.45, 7) is 0.491. The van der Waals surface area contributed by atoms with Crippen molar-refractivity contribution in [1.82, 2.24) is 0 Å².